The number of alkyl halides is 4. The van der Waals surface area contributed by atoms with E-state index in [-0.39, 0.29) is 29.0 Å². The van der Waals surface area contributed by atoms with Crippen LogP contribution in [0.15, 0.2) is 59.9 Å². The minimum Gasteiger partial charge on any atom is -0.447 e. The van der Waals surface area contributed by atoms with E-state index < -0.39 is 54.5 Å². The van der Waals surface area contributed by atoms with E-state index in [4.69, 9.17) is 27.2 Å². The number of amides is 2. The number of benzene rings is 2. The predicted octanol–water partition coefficient (Wildman–Crippen LogP) is 6.39. The van der Waals surface area contributed by atoms with E-state index in [0.717, 1.165) is 12.8 Å². The maximum Gasteiger partial charge on any atom is 0.407 e. The lowest BCUT2D eigenvalue weighted by Gasteiger charge is -2.35. The maximum atomic E-state index is 14.8. The molecule has 50 heavy (non-hydrogen) atoms. The molecule has 2 amide bonds. The highest BCUT2D eigenvalue weighted by molar-refractivity contribution is 6.34. The average Bonchev–Trinajstić information content (AvgIpc) is 3.64. The number of rotatable bonds is 12. The van der Waals surface area contributed by atoms with Crippen LogP contribution in [0.3, 0.4) is 0 Å². The summed E-state index contributed by atoms with van der Waals surface area (Å²) in [5.41, 5.74) is -0.0339. The zero-order valence-electron chi connectivity index (χ0n) is 27.3. The lowest BCUT2D eigenvalue weighted by Crippen LogP contribution is -2.47. The Bertz CT molecular complexity index is 1790. The molecule has 3 aromatic rings. The molecule has 1 saturated carbocycles. The number of alkyl carbamates (subject to hydrolysis) is 1. The number of ether oxygens (including phenoxy) is 1. The zero-order valence-corrected chi connectivity index (χ0v) is 28.1. The molecule has 5 N–H and O–H groups in total. The molecule has 1 saturated heterocycles. The first-order valence-corrected chi connectivity index (χ1v) is 16.0. The van der Waals surface area contributed by atoms with Gasteiger partial charge in [-0.1, -0.05) is 62.7 Å². The number of nitrogens with zero attached hydrogens (tertiary/aromatic N) is 4. The van der Waals surface area contributed by atoms with Crippen molar-refractivity contribution in [1.29, 1.82) is 10.8 Å². The summed E-state index contributed by atoms with van der Waals surface area (Å²) in [5.74, 6) is -1.28. The van der Waals surface area contributed by atoms with Crippen LogP contribution < -0.4 is 16.0 Å². The van der Waals surface area contributed by atoms with E-state index in [1.807, 2.05) is 20.8 Å². The summed E-state index contributed by atoms with van der Waals surface area (Å²) >= 11 is 6.36. The van der Waals surface area contributed by atoms with Gasteiger partial charge in [0.05, 0.1) is 23.6 Å². The largest absolute Gasteiger partial charge is 0.447 e. The number of hydrogen-bond donors (Lipinski definition) is 5. The Balaban J connectivity index is 1.53. The Morgan fingerprint density at radius 2 is 1.88 bits per heavy atom. The van der Waals surface area contributed by atoms with Gasteiger partial charge in [-0.05, 0) is 53.5 Å². The van der Waals surface area contributed by atoms with E-state index in [0.29, 0.717) is 33.3 Å². The molecule has 0 radical (unpaired) electrons. The Kier molecular flexibility index (Phi) is 10.5. The Labute approximate surface area is 290 Å². The number of hydrogen-bond acceptors (Lipinski definition) is 6. The van der Waals surface area contributed by atoms with E-state index in [9.17, 15) is 27.2 Å². The molecule has 2 aromatic carbocycles. The van der Waals surface area contributed by atoms with E-state index in [1.54, 1.807) is 35.6 Å². The molecule has 0 spiro atoms. The number of aliphatic imine (C=N–C) groups is 1. The van der Waals surface area contributed by atoms with Crippen LogP contribution in [0.4, 0.5) is 22.4 Å². The minimum absolute atomic E-state index is 0.0104. The lowest BCUT2D eigenvalue weighted by molar-refractivity contribution is -0.134. The summed E-state index contributed by atoms with van der Waals surface area (Å²) in [4.78, 5) is 32.3. The van der Waals surface area contributed by atoms with Gasteiger partial charge in [0.15, 0.2) is 11.8 Å². The summed E-state index contributed by atoms with van der Waals surface area (Å²) in [6.07, 6.45) is 4.32. The fourth-order valence-corrected chi connectivity index (χ4v) is 5.95. The first kappa shape index (κ1) is 36.3. The Hall–Kier alpha value is -4.99. The molecule has 0 bridgehead atoms. The SMILES string of the molecule is CC(C)(C)C[C@]1(c2ccc(-c3cnn(C(F)F)c3)cc2)NC(=N)N([C@H](COC(=O)NC2CC2)c2ccc(Cl)c(C(=N)/N=C\NC(F)F)c2)C1=O. The molecular weight excluding hydrogens is 682 g/mol. The number of carbonyl (C=O) groups excluding carboxylic acids is 2. The highest BCUT2D eigenvalue weighted by Gasteiger charge is 2.54. The normalized spacial score (nSPS) is 18.6. The van der Waals surface area contributed by atoms with E-state index in [1.165, 1.54) is 29.4 Å². The van der Waals surface area contributed by atoms with Crippen LogP contribution in [0.2, 0.25) is 5.02 Å². The standard InChI is InChI=1S/C33H36ClF4N9O3/c1-32(2,3)16-33(21-7-4-18(5-8-21)20-13-43-46(14-20)29(37)38)27(48)47(30(40)45-33)25(15-50-31(49)44-22-9-10-22)19-6-11-24(34)23(12-19)26(39)41-17-42-28(35)36/h4-8,11-14,17,22,25,28-29H,9-10,15-16H2,1-3H3,(H2,40,45)(H,44,49)(H2,39,41,42)/t25-,33-/m1/s1. The highest BCUT2D eigenvalue weighted by atomic mass is 35.5. The average molecular weight is 718 g/mol. The van der Waals surface area contributed by atoms with Crippen LogP contribution in [-0.2, 0) is 15.1 Å². The molecular formula is C33H36ClF4N9O3. The van der Waals surface area contributed by atoms with Gasteiger partial charge in [-0.3, -0.25) is 20.5 Å². The van der Waals surface area contributed by atoms with Crippen LogP contribution in [0.1, 0.15) is 69.3 Å². The van der Waals surface area contributed by atoms with Crippen molar-refractivity contribution in [3.63, 3.8) is 0 Å². The van der Waals surface area contributed by atoms with E-state index in [2.05, 4.69) is 20.7 Å². The van der Waals surface area contributed by atoms with Crippen LogP contribution in [0.5, 0.6) is 0 Å². The van der Waals surface area contributed by atoms with Gasteiger partial charge in [-0.25, -0.2) is 14.5 Å². The van der Waals surface area contributed by atoms with Gasteiger partial charge in [0, 0.05) is 23.4 Å². The monoisotopic (exact) mass is 717 g/mol. The van der Waals surface area contributed by atoms with Gasteiger partial charge in [-0.15, -0.1) is 0 Å². The highest BCUT2D eigenvalue weighted by Crippen LogP contribution is 2.43. The molecule has 2 aliphatic rings. The third-order valence-electron chi connectivity index (χ3n) is 8.07. The van der Waals surface area contributed by atoms with E-state index >= 15 is 0 Å². The number of carbonyl (C=O) groups is 2. The first-order valence-electron chi connectivity index (χ1n) is 15.6. The van der Waals surface area contributed by atoms with Gasteiger partial charge in [0.1, 0.15) is 12.1 Å². The van der Waals surface area contributed by atoms with Gasteiger partial charge in [0.2, 0.25) is 0 Å². The molecule has 5 rings (SSSR count). The van der Waals surface area contributed by atoms with Crippen molar-refractivity contribution in [2.75, 3.05) is 6.61 Å². The third kappa shape index (κ3) is 8.23. The van der Waals surface area contributed by atoms with Gasteiger partial charge in [0.25, 0.3) is 5.91 Å². The molecule has 12 nitrogen and oxygen atoms in total. The van der Waals surface area contributed by atoms with Crippen LogP contribution in [-0.4, -0.2) is 64.0 Å². The second-order valence-electron chi connectivity index (χ2n) is 13.2. The molecule has 1 aliphatic heterocycles. The van der Waals surface area contributed by atoms with Gasteiger partial charge < -0.3 is 20.7 Å². The minimum atomic E-state index is -2.90. The zero-order chi connectivity index (χ0) is 36.4. The topological polar surface area (TPSA) is 161 Å². The summed E-state index contributed by atoms with van der Waals surface area (Å²) in [7, 11) is 0. The van der Waals surface area contributed by atoms with Crippen molar-refractivity contribution >= 4 is 41.7 Å². The molecule has 1 aromatic heterocycles. The van der Waals surface area contributed by atoms with Crippen molar-refractivity contribution in [2.45, 2.75) is 70.8 Å². The molecule has 0 unspecified atom stereocenters. The van der Waals surface area contributed by atoms with Crippen molar-refractivity contribution in [3.05, 3.63) is 76.6 Å². The number of amidine groups is 1. The summed E-state index contributed by atoms with van der Waals surface area (Å²) in [6.45, 7) is -0.280. The molecule has 2 atom stereocenters. The van der Waals surface area contributed by atoms with Crippen molar-refractivity contribution in [3.8, 4) is 11.1 Å². The predicted molar refractivity (Wildman–Crippen MR) is 179 cm³/mol. The molecule has 2 fully saturated rings. The van der Waals surface area contributed by atoms with Crippen molar-refractivity contribution < 1.29 is 31.9 Å². The number of guanidine groups is 1. The third-order valence-corrected chi connectivity index (χ3v) is 8.40. The second kappa shape index (κ2) is 14.5. The second-order valence-corrected chi connectivity index (χ2v) is 13.6. The van der Waals surface area contributed by atoms with Crippen LogP contribution in [0.25, 0.3) is 11.1 Å². The summed E-state index contributed by atoms with van der Waals surface area (Å²) in [6, 6.07) is 10.0. The molecule has 17 heteroatoms. The number of nitrogens with one attached hydrogen (secondary N) is 5. The Morgan fingerprint density at radius 3 is 2.48 bits per heavy atom. The maximum absolute atomic E-state index is 14.8. The smallest absolute Gasteiger partial charge is 0.407 e. The quantitative estimate of drug-likeness (QED) is 0.0632. The van der Waals surface area contributed by atoms with Gasteiger partial charge in [-0.2, -0.15) is 22.7 Å². The Morgan fingerprint density at radius 1 is 1.18 bits per heavy atom. The molecule has 2 heterocycles. The lowest BCUT2D eigenvalue weighted by atomic mass is 9.75. The molecule has 1 aliphatic carbocycles. The van der Waals surface area contributed by atoms with Crippen LogP contribution in [0, 0.1) is 16.2 Å². The van der Waals surface area contributed by atoms with Gasteiger partial charge >= 0.3 is 19.2 Å². The number of halogens is 5. The molecule has 266 valence electrons. The fourth-order valence-electron chi connectivity index (χ4n) is 5.74. The first-order chi connectivity index (χ1) is 23.6. The van der Waals surface area contributed by atoms with Crippen molar-refractivity contribution in [1.82, 2.24) is 30.6 Å². The summed E-state index contributed by atoms with van der Waals surface area (Å²) < 4.78 is 57.6. The summed E-state index contributed by atoms with van der Waals surface area (Å²) in [5, 5.41) is 28.6. The van der Waals surface area contributed by atoms with Crippen molar-refractivity contribution in [2.24, 2.45) is 10.4 Å². The van der Waals surface area contributed by atoms with Crippen LogP contribution >= 0.6 is 11.6 Å². The fraction of sp³-hybridized carbons (Fsp3) is 0.394. The number of aromatic nitrogens is 2.